The number of benzene rings is 1. The number of nitrogens with one attached hydrogen (secondary N) is 2. The molecule has 0 amide bonds. The molecule has 1 aromatic rings. The summed E-state index contributed by atoms with van der Waals surface area (Å²) in [4.78, 5) is 0. The second-order valence-corrected chi connectivity index (χ2v) is 5.75. The smallest absolute Gasteiger partial charge is 0.0418 e. The van der Waals surface area contributed by atoms with Gasteiger partial charge < -0.3 is 10.6 Å². The average Bonchev–Trinajstić information content (AvgIpc) is 2.34. The van der Waals surface area contributed by atoms with Gasteiger partial charge in [-0.2, -0.15) is 0 Å². The fraction of sp³-hybridized carbons (Fsp3) is 0.600. The van der Waals surface area contributed by atoms with Gasteiger partial charge in [-0.3, -0.25) is 0 Å². The van der Waals surface area contributed by atoms with Crippen molar-refractivity contribution in [2.24, 2.45) is 0 Å². The summed E-state index contributed by atoms with van der Waals surface area (Å²) in [5, 5.41) is 7.29. The van der Waals surface area contributed by atoms with Crippen molar-refractivity contribution in [1.29, 1.82) is 0 Å². The van der Waals surface area contributed by atoms with Crippen molar-refractivity contribution in [3.05, 3.63) is 29.3 Å². The van der Waals surface area contributed by atoms with Gasteiger partial charge in [-0.25, -0.2) is 0 Å². The standard InChI is InChI=1S/C15H22N2/c1-15(8-4-9-15)17-11-13-6-2-5-12-7-3-10-16-14(12)13/h2,5-6,16-17H,3-4,7-11H2,1H3. The molecule has 3 rings (SSSR count). The van der Waals surface area contributed by atoms with E-state index in [4.69, 9.17) is 0 Å². The molecule has 1 saturated carbocycles. The van der Waals surface area contributed by atoms with Gasteiger partial charge >= 0.3 is 0 Å². The van der Waals surface area contributed by atoms with Crippen LogP contribution in [-0.4, -0.2) is 12.1 Å². The minimum Gasteiger partial charge on any atom is -0.385 e. The van der Waals surface area contributed by atoms with E-state index in [0.29, 0.717) is 5.54 Å². The lowest BCUT2D eigenvalue weighted by Gasteiger charge is -2.39. The molecule has 1 aromatic carbocycles. The molecule has 1 heterocycles. The van der Waals surface area contributed by atoms with Gasteiger partial charge in [-0.05, 0) is 50.2 Å². The summed E-state index contributed by atoms with van der Waals surface area (Å²) in [7, 11) is 0. The number of anilines is 1. The molecule has 0 unspecified atom stereocenters. The van der Waals surface area contributed by atoms with Crippen molar-refractivity contribution in [1.82, 2.24) is 5.32 Å². The van der Waals surface area contributed by atoms with Gasteiger partial charge in [-0.15, -0.1) is 0 Å². The van der Waals surface area contributed by atoms with Crippen LogP contribution in [-0.2, 0) is 13.0 Å². The van der Waals surface area contributed by atoms with Crippen molar-refractivity contribution >= 4 is 5.69 Å². The van der Waals surface area contributed by atoms with Crippen LogP contribution in [0.25, 0.3) is 0 Å². The Morgan fingerprint density at radius 3 is 2.94 bits per heavy atom. The number of aryl methyl sites for hydroxylation is 1. The summed E-state index contributed by atoms with van der Waals surface area (Å²) < 4.78 is 0. The molecule has 0 bridgehead atoms. The fourth-order valence-electron chi connectivity index (χ4n) is 2.92. The lowest BCUT2D eigenvalue weighted by atomic mass is 9.78. The van der Waals surface area contributed by atoms with Crippen LogP contribution < -0.4 is 10.6 Å². The Labute approximate surface area is 104 Å². The van der Waals surface area contributed by atoms with E-state index in [9.17, 15) is 0 Å². The molecule has 0 radical (unpaired) electrons. The summed E-state index contributed by atoms with van der Waals surface area (Å²) in [6.07, 6.45) is 6.54. The Morgan fingerprint density at radius 1 is 1.29 bits per heavy atom. The van der Waals surface area contributed by atoms with Crippen molar-refractivity contribution in [2.45, 2.75) is 51.1 Å². The summed E-state index contributed by atoms with van der Waals surface area (Å²) in [5.41, 5.74) is 4.73. The highest BCUT2D eigenvalue weighted by atomic mass is 15.0. The Bertz CT molecular complexity index is 407. The molecule has 92 valence electrons. The maximum absolute atomic E-state index is 3.72. The lowest BCUT2D eigenvalue weighted by molar-refractivity contribution is 0.207. The number of para-hydroxylation sites is 1. The number of hydrogen-bond acceptors (Lipinski definition) is 2. The maximum Gasteiger partial charge on any atom is 0.0418 e. The molecule has 0 aromatic heterocycles. The van der Waals surface area contributed by atoms with Gasteiger partial charge in [-0.1, -0.05) is 18.2 Å². The zero-order chi connectivity index (χ0) is 11.7. The first-order chi connectivity index (χ1) is 8.27. The molecule has 0 atom stereocenters. The Kier molecular flexibility index (Phi) is 2.83. The molecule has 2 N–H and O–H groups in total. The monoisotopic (exact) mass is 230 g/mol. The van der Waals surface area contributed by atoms with E-state index >= 15 is 0 Å². The molecular weight excluding hydrogens is 208 g/mol. The van der Waals surface area contributed by atoms with Crippen LogP contribution in [0.15, 0.2) is 18.2 Å². The Hall–Kier alpha value is -1.02. The van der Waals surface area contributed by atoms with Crippen LogP contribution in [0, 0.1) is 0 Å². The maximum atomic E-state index is 3.72. The molecule has 1 fully saturated rings. The third kappa shape index (κ3) is 2.19. The molecule has 1 aliphatic heterocycles. The molecule has 1 aliphatic carbocycles. The number of fused-ring (bicyclic) bond motifs is 1. The van der Waals surface area contributed by atoms with Crippen LogP contribution in [0.4, 0.5) is 5.69 Å². The van der Waals surface area contributed by atoms with E-state index in [2.05, 4.69) is 35.8 Å². The fourth-order valence-corrected chi connectivity index (χ4v) is 2.92. The van der Waals surface area contributed by atoms with Crippen LogP contribution in [0.1, 0.15) is 43.7 Å². The normalized spacial score (nSPS) is 21.2. The average molecular weight is 230 g/mol. The van der Waals surface area contributed by atoms with Crippen molar-refractivity contribution < 1.29 is 0 Å². The molecule has 0 saturated heterocycles. The second kappa shape index (κ2) is 4.34. The summed E-state index contributed by atoms with van der Waals surface area (Å²) in [6.45, 7) is 4.48. The largest absolute Gasteiger partial charge is 0.385 e. The van der Waals surface area contributed by atoms with Gasteiger partial charge in [0.1, 0.15) is 0 Å². The lowest BCUT2D eigenvalue weighted by Crippen LogP contribution is -2.47. The first-order valence-electron chi connectivity index (χ1n) is 6.87. The van der Waals surface area contributed by atoms with Crippen LogP contribution in [0.5, 0.6) is 0 Å². The summed E-state index contributed by atoms with van der Waals surface area (Å²) in [6, 6.07) is 6.72. The topological polar surface area (TPSA) is 24.1 Å². The van der Waals surface area contributed by atoms with Crippen molar-refractivity contribution in [3.8, 4) is 0 Å². The van der Waals surface area contributed by atoms with Crippen molar-refractivity contribution in [3.63, 3.8) is 0 Å². The first kappa shape index (κ1) is 11.1. The molecule has 17 heavy (non-hydrogen) atoms. The van der Waals surface area contributed by atoms with E-state index in [1.807, 2.05) is 0 Å². The molecule has 2 nitrogen and oxygen atoms in total. The highest BCUT2D eigenvalue weighted by Gasteiger charge is 2.31. The van der Waals surface area contributed by atoms with E-state index < -0.39 is 0 Å². The first-order valence-corrected chi connectivity index (χ1v) is 6.87. The second-order valence-electron chi connectivity index (χ2n) is 5.75. The zero-order valence-corrected chi connectivity index (χ0v) is 10.7. The summed E-state index contributed by atoms with van der Waals surface area (Å²) in [5.74, 6) is 0. The minimum absolute atomic E-state index is 0.400. The van der Waals surface area contributed by atoms with Crippen LogP contribution >= 0.6 is 0 Å². The van der Waals surface area contributed by atoms with Gasteiger partial charge in [0.05, 0.1) is 0 Å². The highest BCUT2D eigenvalue weighted by molar-refractivity contribution is 5.59. The molecular formula is C15H22N2. The highest BCUT2D eigenvalue weighted by Crippen LogP contribution is 2.32. The van der Waals surface area contributed by atoms with Gasteiger partial charge in [0.2, 0.25) is 0 Å². The van der Waals surface area contributed by atoms with Crippen molar-refractivity contribution in [2.75, 3.05) is 11.9 Å². The van der Waals surface area contributed by atoms with Gasteiger partial charge in [0.15, 0.2) is 0 Å². The van der Waals surface area contributed by atoms with E-state index in [0.717, 1.165) is 13.1 Å². The Balaban J connectivity index is 1.74. The predicted octanol–water partition coefficient (Wildman–Crippen LogP) is 3.08. The predicted molar refractivity (Wildman–Crippen MR) is 72.3 cm³/mol. The van der Waals surface area contributed by atoms with E-state index in [1.165, 1.54) is 48.9 Å². The minimum atomic E-state index is 0.400. The molecule has 0 spiro atoms. The van der Waals surface area contributed by atoms with Crippen LogP contribution in [0.2, 0.25) is 0 Å². The molecule has 2 heteroatoms. The SMILES string of the molecule is CC1(NCc2cccc3c2NCCC3)CCC1. The number of hydrogen-bond donors (Lipinski definition) is 2. The van der Waals surface area contributed by atoms with Gasteiger partial charge in [0.25, 0.3) is 0 Å². The van der Waals surface area contributed by atoms with Crippen LogP contribution in [0.3, 0.4) is 0 Å². The molecule has 2 aliphatic rings. The van der Waals surface area contributed by atoms with E-state index in [-0.39, 0.29) is 0 Å². The zero-order valence-electron chi connectivity index (χ0n) is 10.7. The quantitative estimate of drug-likeness (QED) is 0.834. The van der Waals surface area contributed by atoms with Gasteiger partial charge in [0, 0.05) is 24.3 Å². The third-order valence-electron chi connectivity index (χ3n) is 4.32. The Morgan fingerprint density at radius 2 is 2.18 bits per heavy atom. The van der Waals surface area contributed by atoms with E-state index in [1.54, 1.807) is 0 Å². The summed E-state index contributed by atoms with van der Waals surface area (Å²) >= 11 is 0. The number of rotatable bonds is 3. The third-order valence-corrected chi connectivity index (χ3v) is 4.32.